The molecule has 2 aromatic carbocycles. The predicted molar refractivity (Wildman–Crippen MR) is 118 cm³/mol. The first kappa shape index (κ1) is 22.6. The molecule has 3 rings (SSSR count). The van der Waals surface area contributed by atoms with E-state index in [1.807, 2.05) is 45.0 Å². The molecule has 0 saturated carbocycles. The number of amides is 1. The first-order valence-corrected chi connectivity index (χ1v) is 10.4. The number of hydrogen-bond acceptors (Lipinski definition) is 6. The third kappa shape index (κ3) is 5.95. The second-order valence-electron chi connectivity index (χ2n) is 7.48. The summed E-state index contributed by atoms with van der Waals surface area (Å²) in [6, 6.07) is 11.2. The lowest BCUT2D eigenvalue weighted by Crippen LogP contribution is -2.33. The number of ether oxygens (including phenoxy) is 2. The maximum absolute atomic E-state index is 12.8. The zero-order valence-electron chi connectivity index (χ0n) is 18.0. The van der Waals surface area contributed by atoms with Crippen LogP contribution in [0.3, 0.4) is 0 Å². The Balaban J connectivity index is 1.62. The molecule has 164 valence electrons. The molecule has 0 radical (unpaired) electrons. The van der Waals surface area contributed by atoms with Gasteiger partial charge in [0.05, 0.1) is 29.5 Å². The predicted octanol–water partition coefficient (Wildman–Crippen LogP) is 3.86. The molecule has 1 atom stereocenters. The van der Waals surface area contributed by atoms with Crippen molar-refractivity contribution in [2.24, 2.45) is 0 Å². The molecule has 0 aliphatic heterocycles. The Labute approximate surface area is 186 Å². The van der Waals surface area contributed by atoms with E-state index in [9.17, 15) is 4.79 Å². The summed E-state index contributed by atoms with van der Waals surface area (Å²) >= 11 is 6.35. The third-order valence-corrected chi connectivity index (χ3v) is 4.95. The monoisotopic (exact) mass is 443 g/mol. The number of nitrogens with zero attached hydrogens (tertiary/aromatic N) is 4. The van der Waals surface area contributed by atoms with Gasteiger partial charge in [-0.15, -0.1) is 5.10 Å². The number of carbonyl (C=O) groups is 1. The van der Waals surface area contributed by atoms with Crippen LogP contribution in [0.4, 0.5) is 0 Å². The van der Waals surface area contributed by atoms with Gasteiger partial charge < -0.3 is 14.8 Å². The number of methoxy groups -OCH3 is 1. The first-order chi connectivity index (χ1) is 14.9. The zero-order chi connectivity index (χ0) is 22.4. The molecule has 1 heterocycles. The van der Waals surface area contributed by atoms with Gasteiger partial charge in [-0.1, -0.05) is 23.7 Å². The van der Waals surface area contributed by atoms with Gasteiger partial charge in [-0.2, -0.15) is 4.68 Å². The minimum atomic E-state index is -0.254. The number of halogens is 1. The van der Waals surface area contributed by atoms with E-state index in [4.69, 9.17) is 21.1 Å². The summed E-state index contributed by atoms with van der Waals surface area (Å²) in [7, 11) is 1.50. The van der Waals surface area contributed by atoms with Gasteiger partial charge in [-0.3, -0.25) is 4.79 Å². The average molecular weight is 444 g/mol. The van der Waals surface area contributed by atoms with Crippen LogP contribution in [0.2, 0.25) is 5.02 Å². The van der Waals surface area contributed by atoms with E-state index in [0.717, 1.165) is 18.6 Å². The second kappa shape index (κ2) is 10.3. The fourth-order valence-electron chi connectivity index (χ4n) is 3.10. The van der Waals surface area contributed by atoms with E-state index in [-0.39, 0.29) is 18.1 Å². The fourth-order valence-corrected chi connectivity index (χ4v) is 3.35. The van der Waals surface area contributed by atoms with Crippen molar-refractivity contribution in [2.45, 2.75) is 45.8 Å². The van der Waals surface area contributed by atoms with Gasteiger partial charge in [0.2, 0.25) is 0 Å². The molecular formula is C22H26ClN5O3. The summed E-state index contributed by atoms with van der Waals surface area (Å²) in [5.41, 5.74) is 2.06. The molecule has 31 heavy (non-hydrogen) atoms. The number of aromatic nitrogens is 4. The molecule has 1 amide bonds. The van der Waals surface area contributed by atoms with Crippen LogP contribution in [-0.2, 0) is 6.42 Å². The lowest BCUT2D eigenvalue weighted by Gasteiger charge is -2.17. The van der Waals surface area contributed by atoms with Crippen LogP contribution in [0, 0.1) is 0 Å². The molecule has 0 aliphatic rings. The van der Waals surface area contributed by atoms with Crippen molar-refractivity contribution in [2.75, 3.05) is 7.11 Å². The van der Waals surface area contributed by atoms with Gasteiger partial charge in [0.25, 0.3) is 5.91 Å². The van der Waals surface area contributed by atoms with Gasteiger partial charge in [-0.05, 0) is 67.8 Å². The number of tetrazole rings is 1. The average Bonchev–Trinajstić information content (AvgIpc) is 3.27. The lowest BCUT2D eigenvalue weighted by molar-refractivity contribution is 0.0935. The van der Waals surface area contributed by atoms with Crippen molar-refractivity contribution >= 4 is 17.5 Å². The minimum Gasteiger partial charge on any atom is -0.496 e. The Morgan fingerprint density at radius 2 is 1.94 bits per heavy atom. The second-order valence-corrected chi connectivity index (χ2v) is 7.89. The maximum Gasteiger partial charge on any atom is 0.255 e. The maximum atomic E-state index is 12.8. The zero-order valence-corrected chi connectivity index (χ0v) is 18.8. The van der Waals surface area contributed by atoms with Gasteiger partial charge in [0.1, 0.15) is 17.8 Å². The molecule has 9 heteroatoms. The van der Waals surface area contributed by atoms with Crippen LogP contribution in [0.1, 0.15) is 43.1 Å². The topological polar surface area (TPSA) is 91.2 Å². The van der Waals surface area contributed by atoms with Crippen LogP contribution in [0.15, 0.2) is 42.7 Å². The van der Waals surface area contributed by atoms with Crippen molar-refractivity contribution in [1.82, 2.24) is 25.5 Å². The highest BCUT2D eigenvalue weighted by Gasteiger charge is 2.19. The Hall–Kier alpha value is -3.13. The molecule has 1 N–H and O–H groups in total. The summed E-state index contributed by atoms with van der Waals surface area (Å²) in [5.74, 6) is 0.990. The van der Waals surface area contributed by atoms with E-state index in [1.165, 1.54) is 23.7 Å². The summed E-state index contributed by atoms with van der Waals surface area (Å²) < 4.78 is 12.5. The van der Waals surface area contributed by atoms with Gasteiger partial charge >= 0.3 is 0 Å². The van der Waals surface area contributed by atoms with Crippen molar-refractivity contribution in [1.29, 1.82) is 0 Å². The number of benzene rings is 2. The normalized spacial score (nSPS) is 11.9. The molecule has 0 aliphatic carbocycles. The molecule has 0 fully saturated rings. The largest absolute Gasteiger partial charge is 0.496 e. The molecule has 8 nitrogen and oxygen atoms in total. The van der Waals surface area contributed by atoms with Crippen molar-refractivity contribution in [3.63, 3.8) is 0 Å². The Bertz CT molecular complexity index is 1010. The lowest BCUT2D eigenvalue weighted by atomic mass is 10.1. The number of hydrogen-bond donors (Lipinski definition) is 1. The Morgan fingerprint density at radius 3 is 2.55 bits per heavy atom. The highest BCUT2D eigenvalue weighted by Crippen LogP contribution is 2.29. The quantitative estimate of drug-likeness (QED) is 0.540. The van der Waals surface area contributed by atoms with Gasteiger partial charge in [0.15, 0.2) is 0 Å². The molecule has 3 aromatic rings. The van der Waals surface area contributed by atoms with E-state index in [1.54, 1.807) is 12.1 Å². The van der Waals surface area contributed by atoms with E-state index in [2.05, 4.69) is 20.8 Å². The third-order valence-electron chi connectivity index (χ3n) is 4.65. The van der Waals surface area contributed by atoms with Crippen LogP contribution in [0.5, 0.6) is 11.5 Å². The Kier molecular flexibility index (Phi) is 7.46. The van der Waals surface area contributed by atoms with Crippen LogP contribution in [-0.4, -0.2) is 45.4 Å². The van der Waals surface area contributed by atoms with E-state index in [0.29, 0.717) is 22.0 Å². The minimum absolute atomic E-state index is 0.0400. The van der Waals surface area contributed by atoms with Crippen molar-refractivity contribution in [3.8, 4) is 17.2 Å². The number of carbonyl (C=O) groups excluding carboxylic acids is 1. The highest BCUT2D eigenvalue weighted by atomic mass is 35.5. The van der Waals surface area contributed by atoms with Crippen LogP contribution < -0.4 is 14.8 Å². The molecule has 1 aromatic heterocycles. The summed E-state index contributed by atoms with van der Waals surface area (Å²) in [6.45, 7) is 5.97. The molecule has 0 saturated heterocycles. The van der Waals surface area contributed by atoms with Gasteiger partial charge in [0, 0.05) is 12.1 Å². The smallest absolute Gasteiger partial charge is 0.255 e. The first-order valence-electron chi connectivity index (χ1n) is 10.0. The van der Waals surface area contributed by atoms with Gasteiger partial charge in [-0.25, -0.2) is 0 Å². The summed E-state index contributed by atoms with van der Waals surface area (Å²) in [5, 5.41) is 14.4. The molecule has 1 unspecified atom stereocenters. The standard InChI is InChI=1S/C22H26ClN5O3/c1-14(2)31-17-9-7-16(8-10-17)6-5-15(3)25-22(29)18-11-19(23)20(12-21(18)30-4)28-13-24-26-27-28/h7-15H,5-6H2,1-4H3,(H,25,29). The Morgan fingerprint density at radius 1 is 1.19 bits per heavy atom. The number of nitrogens with one attached hydrogen (secondary N) is 1. The van der Waals surface area contributed by atoms with Crippen molar-refractivity contribution < 1.29 is 14.3 Å². The molecule has 0 bridgehead atoms. The summed E-state index contributed by atoms with van der Waals surface area (Å²) in [6.07, 6.45) is 3.19. The number of aryl methyl sites for hydroxylation is 1. The van der Waals surface area contributed by atoms with E-state index >= 15 is 0 Å². The van der Waals surface area contributed by atoms with Crippen molar-refractivity contribution in [3.05, 3.63) is 58.9 Å². The number of rotatable bonds is 9. The SMILES string of the molecule is COc1cc(-n2cnnn2)c(Cl)cc1C(=O)NC(C)CCc1ccc(OC(C)C)cc1. The fraction of sp³-hybridized carbons (Fsp3) is 0.364. The molecule has 0 spiro atoms. The summed E-state index contributed by atoms with van der Waals surface area (Å²) in [4.78, 5) is 12.8. The molecular weight excluding hydrogens is 418 g/mol. The van der Waals surface area contributed by atoms with Crippen LogP contribution in [0.25, 0.3) is 5.69 Å². The van der Waals surface area contributed by atoms with Crippen LogP contribution >= 0.6 is 11.6 Å². The highest BCUT2D eigenvalue weighted by molar-refractivity contribution is 6.33. The van der Waals surface area contributed by atoms with E-state index < -0.39 is 0 Å².